The minimum atomic E-state index is -0.709. The molecule has 2 atom stereocenters. The molecule has 29 heavy (non-hydrogen) atoms. The van der Waals surface area contributed by atoms with Gasteiger partial charge in [-0.1, -0.05) is 29.8 Å². The van der Waals surface area contributed by atoms with E-state index in [2.05, 4.69) is 15.6 Å². The monoisotopic (exact) mass is 411 g/mol. The number of halogens is 1. The molecule has 4 rings (SSSR count). The first-order valence-corrected chi connectivity index (χ1v) is 10.2. The van der Waals surface area contributed by atoms with E-state index in [0.29, 0.717) is 11.7 Å². The Labute approximate surface area is 176 Å². The number of aliphatic hydroxyl groups is 1. The van der Waals surface area contributed by atoms with Crippen molar-refractivity contribution in [2.45, 2.75) is 38.5 Å². The van der Waals surface area contributed by atoms with Crippen molar-refractivity contribution < 1.29 is 9.84 Å². The Bertz CT molecular complexity index is 1020. The van der Waals surface area contributed by atoms with Gasteiger partial charge in [-0.25, -0.2) is 4.98 Å². The number of aliphatic hydroxyl groups excluding tert-OH is 1. The molecular weight excluding hydrogens is 386 g/mol. The van der Waals surface area contributed by atoms with E-state index in [4.69, 9.17) is 16.3 Å². The van der Waals surface area contributed by atoms with Crippen molar-refractivity contribution in [1.29, 1.82) is 0 Å². The molecule has 1 aromatic heterocycles. The predicted octanol–water partition coefficient (Wildman–Crippen LogP) is 4.47. The quantitative estimate of drug-likeness (QED) is 0.427. The smallest absolute Gasteiger partial charge is 0.131 e. The fraction of sp³-hybridized carbons (Fsp3) is 0.348. The zero-order valence-electron chi connectivity index (χ0n) is 16.9. The fourth-order valence-corrected chi connectivity index (χ4v) is 4.11. The highest BCUT2D eigenvalue weighted by atomic mass is 35.5. The van der Waals surface area contributed by atoms with Crippen molar-refractivity contribution in [3.05, 3.63) is 64.8 Å². The second-order valence-electron chi connectivity index (χ2n) is 8.04. The summed E-state index contributed by atoms with van der Waals surface area (Å²) in [7, 11) is 0. The second kappa shape index (κ2) is 7.82. The van der Waals surface area contributed by atoms with Crippen LogP contribution < -0.4 is 15.4 Å². The lowest BCUT2D eigenvalue weighted by atomic mass is 9.85. The van der Waals surface area contributed by atoms with E-state index >= 15 is 0 Å². The minimum absolute atomic E-state index is 0.267. The van der Waals surface area contributed by atoms with Crippen molar-refractivity contribution >= 4 is 28.2 Å². The highest BCUT2D eigenvalue weighted by Gasteiger charge is 2.42. The number of hydrogen-bond donors (Lipinski definition) is 3. The van der Waals surface area contributed by atoms with Gasteiger partial charge in [-0.05, 0) is 56.7 Å². The summed E-state index contributed by atoms with van der Waals surface area (Å²) in [6.45, 7) is 7.26. The summed E-state index contributed by atoms with van der Waals surface area (Å²) in [4.78, 5) is 4.46. The normalized spacial score (nSPS) is 20.2. The van der Waals surface area contributed by atoms with Crippen LogP contribution in [0.4, 0.5) is 5.69 Å². The third-order valence-electron chi connectivity index (χ3n) is 5.44. The van der Waals surface area contributed by atoms with Gasteiger partial charge in [-0.2, -0.15) is 0 Å². The number of ether oxygens (including phenoxy) is 1. The number of rotatable bonds is 5. The number of aryl methyl sites for hydroxylation is 1. The highest BCUT2D eigenvalue weighted by molar-refractivity contribution is 6.29. The maximum atomic E-state index is 11.0. The Morgan fingerprint density at radius 2 is 1.90 bits per heavy atom. The average Bonchev–Trinajstić information content (AvgIpc) is 2.68. The number of para-hydroxylation sites is 1. The van der Waals surface area contributed by atoms with E-state index in [1.54, 1.807) is 0 Å². The van der Waals surface area contributed by atoms with E-state index in [1.165, 1.54) is 0 Å². The fourth-order valence-electron chi connectivity index (χ4n) is 3.86. The van der Waals surface area contributed by atoms with Crippen LogP contribution in [-0.2, 0) is 0 Å². The topological polar surface area (TPSA) is 66.4 Å². The molecule has 0 amide bonds. The molecule has 0 saturated heterocycles. The number of aromatic nitrogens is 1. The van der Waals surface area contributed by atoms with Crippen LogP contribution in [0.2, 0.25) is 5.15 Å². The summed E-state index contributed by atoms with van der Waals surface area (Å²) in [5, 5.41) is 19.3. The van der Waals surface area contributed by atoms with Gasteiger partial charge in [0.05, 0.1) is 11.6 Å². The van der Waals surface area contributed by atoms with Gasteiger partial charge < -0.3 is 20.5 Å². The first kappa shape index (κ1) is 20.0. The van der Waals surface area contributed by atoms with Gasteiger partial charge >= 0.3 is 0 Å². The molecule has 0 saturated carbocycles. The van der Waals surface area contributed by atoms with Crippen LogP contribution in [-0.4, -0.2) is 34.9 Å². The summed E-state index contributed by atoms with van der Waals surface area (Å²) in [6, 6.07) is 15.6. The predicted molar refractivity (Wildman–Crippen MR) is 118 cm³/mol. The Hall–Kier alpha value is -2.34. The van der Waals surface area contributed by atoms with Crippen LogP contribution >= 0.6 is 11.6 Å². The van der Waals surface area contributed by atoms with Crippen LogP contribution in [0.5, 0.6) is 5.75 Å². The maximum absolute atomic E-state index is 11.0. The molecule has 3 aromatic rings. The third-order valence-corrected chi connectivity index (χ3v) is 5.64. The van der Waals surface area contributed by atoms with Crippen LogP contribution in [0.3, 0.4) is 0 Å². The number of fused-ring (bicyclic) bond motifs is 2. The van der Waals surface area contributed by atoms with Crippen LogP contribution in [0.25, 0.3) is 10.9 Å². The van der Waals surface area contributed by atoms with Crippen molar-refractivity contribution in [2.24, 2.45) is 0 Å². The molecule has 2 heterocycles. The van der Waals surface area contributed by atoms with Gasteiger partial charge in [-0.3, -0.25) is 0 Å². The molecule has 0 radical (unpaired) electrons. The number of nitrogens with one attached hydrogen (secondary N) is 2. The zero-order chi connectivity index (χ0) is 20.6. The molecule has 5 nitrogen and oxygen atoms in total. The van der Waals surface area contributed by atoms with Crippen molar-refractivity contribution in [2.75, 3.05) is 18.4 Å². The Kier molecular flexibility index (Phi) is 5.38. The molecule has 0 bridgehead atoms. The van der Waals surface area contributed by atoms with E-state index in [-0.39, 0.29) is 6.04 Å². The molecule has 2 aromatic carbocycles. The Morgan fingerprint density at radius 3 is 2.66 bits per heavy atom. The molecule has 1 aliphatic rings. The summed E-state index contributed by atoms with van der Waals surface area (Å²) >= 11 is 6.16. The van der Waals surface area contributed by atoms with Crippen molar-refractivity contribution in [3.8, 4) is 5.75 Å². The van der Waals surface area contributed by atoms with Gasteiger partial charge in [0.15, 0.2) is 0 Å². The van der Waals surface area contributed by atoms with Crippen LogP contribution in [0.1, 0.15) is 31.0 Å². The summed E-state index contributed by atoms with van der Waals surface area (Å²) < 4.78 is 6.16. The maximum Gasteiger partial charge on any atom is 0.131 e. The third kappa shape index (κ3) is 4.04. The standard InChI is InChI=1S/C23H26ClN3O2/c1-14-11-20(24)27-18-12-17-19(13-16(14)18)29-23(2,3)22(28)21(17)26-10-9-25-15-7-5-4-6-8-15/h4-8,11-13,21-22,25-26,28H,9-10H2,1-3H3. The lowest BCUT2D eigenvalue weighted by Crippen LogP contribution is -2.53. The lowest BCUT2D eigenvalue weighted by molar-refractivity contribution is -0.0641. The average molecular weight is 412 g/mol. The number of pyridine rings is 1. The van der Waals surface area contributed by atoms with Gasteiger partial charge in [0.1, 0.15) is 22.6 Å². The van der Waals surface area contributed by atoms with E-state index in [9.17, 15) is 5.11 Å². The van der Waals surface area contributed by atoms with E-state index in [1.807, 2.05) is 69.3 Å². The molecule has 0 spiro atoms. The lowest BCUT2D eigenvalue weighted by Gasteiger charge is -2.42. The Balaban J connectivity index is 1.60. The Morgan fingerprint density at radius 1 is 1.14 bits per heavy atom. The van der Waals surface area contributed by atoms with E-state index in [0.717, 1.165) is 40.0 Å². The number of nitrogens with zero attached hydrogens (tertiary/aromatic N) is 1. The number of benzene rings is 2. The van der Waals surface area contributed by atoms with Crippen molar-refractivity contribution in [3.63, 3.8) is 0 Å². The largest absolute Gasteiger partial charge is 0.485 e. The molecule has 152 valence electrons. The number of anilines is 1. The summed E-state index contributed by atoms with van der Waals surface area (Å²) in [5.74, 6) is 0.772. The van der Waals surface area contributed by atoms with Gasteiger partial charge in [0.25, 0.3) is 0 Å². The van der Waals surface area contributed by atoms with Crippen LogP contribution in [0.15, 0.2) is 48.5 Å². The molecule has 2 unspecified atom stereocenters. The minimum Gasteiger partial charge on any atom is -0.485 e. The molecule has 1 aliphatic heterocycles. The van der Waals surface area contributed by atoms with Gasteiger partial charge in [0, 0.05) is 29.7 Å². The first-order chi connectivity index (χ1) is 13.8. The van der Waals surface area contributed by atoms with Crippen LogP contribution in [0, 0.1) is 6.92 Å². The van der Waals surface area contributed by atoms with Gasteiger partial charge in [-0.15, -0.1) is 0 Å². The second-order valence-corrected chi connectivity index (χ2v) is 8.43. The first-order valence-electron chi connectivity index (χ1n) is 9.85. The molecule has 0 aliphatic carbocycles. The number of hydrogen-bond acceptors (Lipinski definition) is 5. The molecular formula is C23H26ClN3O2. The van der Waals surface area contributed by atoms with Gasteiger partial charge in [0.2, 0.25) is 0 Å². The van der Waals surface area contributed by atoms with Crippen molar-refractivity contribution in [1.82, 2.24) is 10.3 Å². The van der Waals surface area contributed by atoms with E-state index < -0.39 is 11.7 Å². The molecule has 0 fully saturated rings. The molecule has 3 N–H and O–H groups in total. The SMILES string of the molecule is Cc1cc(Cl)nc2cc3c(cc12)OC(C)(C)C(O)C3NCCNc1ccccc1. The highest BCUT2D eigenvalue weighted by Crippen LogP contribution is 2.42. The zero-order valence-corrected chi connectivity index (χ0v) is 17.6. The molecule has 6 heteroatoms. The summed E-state index contributed by atoms with van der Waals surface area (Å²) in [5.41, 5.74) is 3.12. The summed E-state index contributed by atoms with van der Waals surface area (Å²) in [6.07, 6.45) is -0.704.